The van der Waals surface area contributed by atoms with Crippen LogP contribution in [-0.2, 0) is 16.9 Å². The maximum absolute atomic E-state index is 6.17. The Balaban J connectivity index is 1.55. The largest absolute Gasteiger partial charge is 0.491 e. The number of aromatic nitrogens is 2. The molecule has 1 saturated heterocycles. The maximum atomic E-state index is 6.17. The Morgan fingerprint density at radius 2 is 1.79 bits per heavy atom. The Kier molecular flexibility index (Phi) is 5.60. The van der Waals surface area contributed by atoms with Crippen molar-refractivity contribution in [1.29, 1.82) is 0 Å². The predicted molar refractivity (Wildman–Crippen MR) is 110 cm³/mol. The minimum atomic E-state index is -0.348. The first kappa shape index (κ1) is 19.3. The average Bonchev–Trinajstić information content (AvgIpc) is 3.31. The predicted octanol–water partition coefficient (Wildman–Crippen LogP) is 4.80. The van der Waals surface area contributed by atoms with Gasteiger partial charge in [-0.3, -0.25) is 4.84 Å². The quantitative estimate of drug-likeness (QED) is 0.577. The Labute approximate surface area is 174 Å². The van der Waals surface area contributed by atoms with Gasteiger partial charge >= 0.3 is 0 Å². The Morgan fingerprint density at radius 1 is 1.11 bits per heavy atom. The van der Waals surface area contributed by atoms with Gasteiger partial charge in [0.15, 0.2) is 0 Å². The summed E-state index contributed by atoms with van der Waals surface area (Å²) < 4.78 is 7.99. The molecule has 1 fully saturated rings. The van der Waals surface area contributed by atoms with Crippen LogP contribution in [0.5, 0.6) is 5.75 Å². The smallest absolute Gasteiger partial charge is 0.119 e. The Bertz CT molecular complexity index is 900. The molecule has 1 aliphatic rings. The van der Waals surface area contributed by atoms with Crippen LogP contribution in [0.1, 0.15) is 12.0 Å². The number of likely N-dealkylation sites (N-methyl/N-ethyl adjacent to an activating group) is 1. The summed E-state index contributed by atoms with van der Waals surface area (Å²) in [5.74, 6) is 0.772. The Morgan fingerprint density at radius 3 is 2.43 bits per heavy atom. The minimum absolute atomic E-state index is 0.0834. The fourth-order valence-electron chi connectivity index (χ4n) is 3.67. The van der Waals surface area contributed by atoms with Crippen LogP contribution in [0.3, 0.4) is 0 Å². The van der Waals surface area contributed by atoms with E-state index in [1.54, 1.807) is 6.20 Å². The zero-order valence-corrected chi connectivity index (χ0v) is 17.0. The van der Waals surface area contributed by atoms with Crippen molar-refractivity contribution in [2.75, 3.05) is 13.7 Å². The molecule has 1 aliphatic heterocycles. The summed E-state index contributed by atoms with van der Waals surface area (Å²) >= 11 is 12.0. The van der Waals surface area contributed by atoms with E-state index in [1.165, 1.54) is 0 Å². The van der Waals surface area contributed by atoms with Crippen molar-refractivity contribution >= 4 is 23.2 Å². The molecule has 0 aliphatic carbocycles. The van der Waals surface area contributed by atoms with Crippen LogP contribution in [0.15, 0.2) is 67.3 Å². The molecular formula is C21H21Cl2N3O2. The summed E-state index contributed by atoms with van der Waals surface area (Å²) in [6, 6.07) is 15.3. The summed E-state index contributed by atoms with van der Waals surface area (Å²) in [6.45, 7) is 1.16. The molecule has 2 atom stereocenters. The lowest BCUT2D eigenvalue weighted by atomic mass is 9.85. The van der Waals surface area contributed by atoms with Gasteiger partial charge in [0, 0.05) is 42.5 Å². The van der Waals surface area contributed by atoms with Crippen LogP contribution in [-0.4, -0.2) is 34.4 Å². The second kappa shape index (κ2) is 8.13. The molecule has 0 unspecified atom stereocenters. The normalized spacial score (nSPS) is 22.5. The van der Waals surface area contributed by atoms with Crippen LogP contribution >= 0.6 is 23.2 Å². The lowest BCUT2D eigenvalue weighted by molar-refractivity contribution is -0.179. The first-order valence-corrected chi connectivity index (χ1v) is 9.81. The topological polar surface area (TPSA) is 39.5 Å². The van der Waals surface area contributed by atoms with Gasteiger partial charge in [-0.15, -0.1) is 0 Å². The highest BCUT2D eigenvalue weighted by molar-refractivity contribution is 6.30. The first-order valence-electron chi connectivity index (χ1n) is 9.06. The average molecular weight is 418 g/mol. The monoisotopic (exact) mass is 417 g/mol. The zero-order chi connectivity index (χ0) is 19.6. The SMILES string of the molecule is CN1O[C@@H](COc2ccc(Cl)cc2)C[C@]1(Cn1ccnc1)c1ccc(Cl)cc1. The summed E-state index contributed by atoms with van der Waals surface area (Å²) in [5, 5.41) is 3.34. The van der Waals surface area contributed by atoms with E-state index in [4.69, 9.17) is 32.8 Å². The van der Waals surface area contributed by atoms with Crippen LogP contribution in [0.4, 0.5) is 0 Å². The number of hydrogen-bond donors (Lipinski definition) is 0. The summed E-state index contributed by atoms with van der Waals surface area (Å²) in [5.41, 5.74) is 0.793. The number of benzene rings is 2. The van der Waals surface area contributed by atoms with E-state index in [-0.39, 0.29) is 11.6 Å². The molecule has 0 amide bonds. The molecule has 0 saturated carbocycles. The molecule has 4 rings (SSSR count). The second-order valence-electron chi connectivity index (χ2n) is 6.97. The van der Waals surface area contributed by atoms with Crippen molar-refractivity contribution in [2.45, 2.75) is 24.6 Å². The number of halogens is 2. The van der Waals surface area contributed by atoms with Gasteiger partial charge in [0.05, 0.1) is 11.9 Å². The molecule has 146 valence electrons. The van der Waals surface area contributed by atoms with Gasteiger partial charge in [0.1, 0.15) is 18.5 Å². The van der Waals surface area contributed by atoms with E-state index < -0.39 is 0 Å². The number of hydrogen-bond acceptors (Lipinski definition) is 4. The van der Waals surface area contributed by atoms with Crippen molar-refractivity contribution in [2.24, 2.45) is 0 Å². The number of imidazole rings is 1. The highest BCUT2D eigenvalue weighted by Crippen LogP contribution is 2.41. The highest BCUT2D eigenvalue weighted by atomic mass is 35.5. The maximum Gasteiger partial charge on any atom is 0.119 e. The number of hydroxylamine groups is 2. The molecule has 28 heavy (non-hydrogen) atoms. The van der Waals surface area contributed by atoms with E-state index in [0.717, 1.165) is 17.7 Å². The van der Waals surface area contributed by atoms with Crippen LogP contribution in [0, 0.1) is 0 Å². The fourth-order valence-corrected chi connectivity index (χ4v) is 3.93. The first-order chi connectivity index (χ1) is 13.5. The summed E-state index contributed by atoms with van der Waals surface area (Å²) in [6.07, 6.45) is 6.26. The van der Waals surface area contributed by atoms with Crippen molar-refractivity contribution in [3.05, 3.63) is 82.9 Å². The van der Waals surface area contributed by atoms with E-state index in [2.05, 4.69) is 21.7 Å². The molecule has 2 aromatic carbocycles. The standard InChI is InChI=1S/C21H21Cl2N3O2/c1-25-21(14-26-11-10-24-15-26,16-2-4-17(22)5-3-16)12-20(28-25)13-27-19-8-6-18(23)7-9-19/h2-11,15,20H,12-14H2,1H3/t20-,21+/m1/s1. The van der Waals surface area contributed by atoms with Gasteiger partial charge in [-0.25, -0.2) is 4.98 Å². The lowest BCUT2D eigenvalue weighted by Crippen LogP contribution is -2.41. The molecule has 3 aromatic rings. The van der Waals surface area contributed by atoms with E-state index in [9.17, 15) is 0 Å². The molecule has 5 nitrogen and oxygen atoms in total. The third kappa shape index (κ3) is 4.03. The van der Waals surface area contributed by atoms with Gasteiger partial charge < -0.3 is 9.30 Å². The molecule has 0 radical (unpaired) electrons. The molecular weight excluding hydrogens is 397 g/mol. The molecule has 7 heteroatoms. The van der Waals surface area contributed by atoms with Crippen LogP contribution in [0.2, 0.25) is 10.0 Å². The number of ether oxygens (including phenoxy) is 1. The van der Waals surface area contributed by atoms with Crippen LogP contribution in [0.25, 0.3) is 0 Å². The van der Waals surface area contributed by atoms with Crippen molar-refractivity contribution < 1.29 is 9.57 Å². The van der Waals surface area contributed by atoms with Gasteiger partial charge in [-0.05, 0) is 42.0 Å². The Hall–Kier alpha value is -2.05. The summed E-state index contributed by atoms with van der Waals surface area (Å²) in [7, 11) is 1.97. The highest BCUT2D eigenvalue weighted by Gasteiger charge is 2.47. The number of rotatable bonds is 6. The van der Waals surface area contributed by atoms with E-state index in [0.29, 0.717) is 23.2 Å². The molecule has 0 spiro atoms. The zero-order valence-electron chi connectivity index (χ0n) is 15.5. The third-order valence-electron chi connectivity index (χ3n) is 5.11. The second-order valence-corrected chi connectivity index (χ2v) is 7.84. The van der Waals surface area contributed by atoms with Gasteiger partial charge in [-0.2, -0.15) is 5.06 Å². The van der Waals surface area contributed by atoms with Gasteiger partial charge in [-0.1, -0.05) is 35.3 Å². The summed E-state index contributed by atoms with van der Waals surface area (Å²) in [4.78, 5) is 10.3. The third-order valence-corrected chi connectivity index (χ3v) is 5.61. The van der Waals surface area contributed by atoms with E-state index >= 15 is 0 Å². The van der Waals surface area contributed by atoms with Crippen LogP contribution < -0.4 is 4.74 Å². The van der Waals surface area contributed by atoms with E-state index in [1.807, 2.05) is 61.0 Å². The molecule has 1 aromatic heterocycles. The fraction of sp³-hybridized carbons (Fsp3) is 0.286. The van der Waals surface area contributed by atoms with Crippen molar-refractivity contribution in [1.82, 2.24) is 14.6 Å². The van der Waals surface area contributed by atoms with Gasteiger partial charge in [0.2, 0.25) is 0 Å². The minimum Gasteiger partial charge on any atom is -0.491 e. The molecule has 0 N–H and O–H groups in total. The van der Waals surface area contributed by atoms with Crippen molar-refractivity contribution in [3.63, 3.8) is 0 Å². The molecule has 2 heterocycles. The van der Waals surface area contributed by atoms with Gasteiger partial charge in [0.25, 0.3) is 0 Å². The van der Waals surface area contributed by atoms with Crippen molar-refractivity contribution in [3.8, 4) is 5.75 Å². The molecule has 0 bridgehead atoms. The lowest BCUT2D eigenvalue weighted by Gasteiger charge is -2.34. The number of nitrogens with zero attached hydrogens (tertiary/aromatic N) is 3.